The van der Waals surface area contributed by atoms with E-state index < -0.39 is 24.6 Å². The van der Waals surface area contributed by atoms with Crippen LogP contribution < -0.4 is 20.9 Å². The van der Waals surface area contributed by atoms with Gasteiger partial charge in [-0.2, -0.15) is 0 Å². The van der Waals surface area contributed by atoms with Crippen molar-refractivity contribution in [3.05, 3.63) is 65.2 Å². The van der Waals surface area contributed by atoms with E-state index in [1.165, 1.54) is 25.1 Å². The van der Waals surface area contributed by atoms with Crippen LogP contribution in [0.2, 0.25) is 0 Å². The van der Waals surface area contributed by atoms with Crippen LogP contribution >= 0.6 is 11.8 Å². The number of β-amino-alcohol motifs (C(OH)–C–C–N with tert-alkyl or cyclic N) is 1. The molecule has 1 aromatic rings. The van der Waals surface area contributed by atoms with E-state index in [4.69, 9.17) is 9.47 Å². The highest BCUT2D eigenvalue weighted by Crippen LogP contribution is 2.37. The van der Waals surface area contributed by atoms with E-state index in [9.17, 15) is 24.2 Å². The molecule has 11 nitrogen and oxygen atoms in total. The first kappa shape index (κ1) is 28.0. The second kappa shape index (κ2) is 12.3. The monoisotopic (exact) mass is 573 g/mol. The number of cyclic esters (lactones) is 1. The lowest BCUT2D eigenvalue weighted by Gasteiger charge is -2.36. The zero-order valence-electron chi connectivity index (χ0n) is 22.0. The van der Waals surface area contributed by atoms with Gasteiger partial charge in [-0.15, -0.1) is 11.8 Å². The minimum absolute atomic E-state index is 0.0402. The third-order valence-corrected chi connectivity index (χ3v) is 7.93. The van der Waals surface area contributed by atoms with E-state index in [1.807, 2.05) is 12.1 Å². The molecule has 2 amide bonds. The molecule has 4 aliphatic rings. The average molecular weight is 574 g/mol. The maximum atomic E-state index is 15.0. The molecule has 0 spiro atoms. The summed E-state index contributed by atoms with van der Waals surface area (Å²) in [5.74, 6) is 0.330. The molecule has 5 N–H and O–H groups in total. The number of rotatable bonds is 11. The molecule has 4 heterocycles. The number of carbonyl (C=O) groups is 2. The smallest absolute Gasteiger partial charge is 0.414 e. The van der Waals surface area contributed by atoms with Crippen molar-refractivity contribution in [3.8, 4) is 0 Å². The molecule has 0 bridgehead atoms. The van der Waals surface area contributed by atoms with Crippen molar-refractivity contribution < 1.29 is 33.7 Å². The number of nitrogens with zero attached hydrogens (tertiary/aromatic N) is 2. The first-order chi connectivity index (χ1) is 19.4. The zero-order valence-corrected chi connectivity index (χ0v) is 22.8. The summed E-state index contributed by atoms with van der Waals surface area (Å²) >= 11 is 1.46. The number of carbonyl (C=O) groups excluding carboxylic acids is 2. The molecule has 13 heteroatoms. The number of hydrogen-bond acceptors (Lipinski definition) is 10. The number of thioether (sulfide) groups is 1. The second-order valence-corrected chi connectivity index (χ2v) is 10.7. The van der Waals surface area contributed by atoms with Crippen LogP contribution in [0.5, 0.6) is 0 Å². The Kier molecular flexibility index (Phi) is 8.64. The number of amides is 2. The molecular formula is C27H32FN5O6S. The summed E-state index contributed by atoms with van der Waals surface area (Å²) in [6, 6.07) is 5.52. The van der Waals surface area contributed by atoms with E-state index >= 15 is 0 Å². The summed E-state index contributed by atoms with van der Waals surface area (Å²) in [5, 5.41) is 28.5. The van der Waals surface area contributed by atoms with Crippen molar-refractivity contribution in [2.24, 2.45) is 0 Å². The van der Waals surface area contributed by atoms with Crippen molar-refractivity contribution in [1.82, 2.24) is 15.5 Å². The highest BCUT2D eigenvalue weighted by atomic mass is 32.2. The third kappa shape index (κ3) is 5.97. The molecule has 2 atom stereocenters. The van der Waals surface area contributed by atoms with Crippen LogP contribution in [0.3, 0.4) is 0 Å². The standard InChI is InChI=1S/C27H32FN5O6S/c1-38-25-7-5-21-26(33(25)12-17(35)14-34)19(20(28)11-30-21)3-2-8-29-10-18-13-32(27(37)39-18)16-4-6-23-22(9-16)31-24(36)15-40-23/h4-7,9,11,17-18,29-30,34-35H,2-3,8,10,12-15H2,1H3,(H,31,36)/t17?,18-/m1/s1. The fourth-order valence-corrected chi connectivity index (χ4v) is 5.75. The van der Waals surface area contributed by atoms with E-state index in [1.54, 1.807) is 28.0 Å². The highest BCUT2D eigenvalue weighted by molar-refractivity contribution is 8.00. The lowest BCUT2D eigenvalue weighted by Crippen LogP contribution is -2.39. The number of aliphatic hydroxyl groups is 2. The normalized spacial score (nSPS) is 21.0. The van der Waals surface area contributed by atoms with Crippen LogP contribution in [0.25, 0.3) is 0 Å². The van der Waals surface area contributed by atoms with Crippen LogP contribution in [0.1, 0.15) is 12.8 Å². The van der Waals surface area contributed by atoms with E-state index in [2.05, 4.69) is 16.0 Å². The highest BCUT2D eigenvalue weighted by Gasteiger charge is 2.33. The Balaban J connectivity index is 1.16. The summed E-state index contributed by atoms with van der Waals surface area (Å²) in [7, 11) is 1.50. The van der Waals surface area contributed by atoms with E-state index in [0.29, 0.717) is 72.5 Å². The van der Waals surface area contributed by atoms with Crippen molar-refractivity contribution in [2.45, 2.75) is 29.9 Å². The van der Waals surface area contributed by atoms with Gasteiger partial charge in [-0.3, -0.25) is 9.69 Å². The first-order valence-electron chi connectivity index (χ1n) is 13.0. The fraction of sp³-hybridized carbons (Fsp3) is 0.407. The number of anilines is 2. The molecular weight excluding hydrogens is 541 g/mol. The molecule has 214 valence electrons. The Morgan fingerprint density at radius 1 is 1.32 bits per heavy atom. The maximum Gasteiger partial charge on any atom is 0.414 e. The van der Waals surface area contributed by atoms with Gasteiger partial charge in [0.2, 0.25) is 5.91 Å². The molecule has 1 aromatic carbocycles. The molecule has 4 aliphatic heterocycles. The van der Waals surface area contributed by atoms with Crippen LogP contribution in [-0.2, 0) is 14.3 Å². The van der Waals surface area contributed by atoms with Crippen LogP contribution in [-0.4, -0.2) is 85.0 Å². The molecule has 0 saturated carbocycles. The van der Waals surface area contributed by atoms with Gasteiger partial charge >= 0.3 is 6.09 Å². The molecule has 0 aromatic heterocycles. The first-order valence-corrected chi connectivity index (χ1v) is 14.0. The predicted octanol–water partition coefficient (Wildman–Crippen LogP) is 2.13. The van der Waals surface area contributed by atoms with Gasteiger partial charge in [0.1, 0.15) is 11.9 Å². The number of fused-ring (bicyclic) bond motifs is 2. The van der Waals surface area contributed by atoms with E-state index in [-0.39, 0.29) is 18.6 Å². The number of dihydropyridines is 1. The Morgan fingerprint density at radius 3 is 2.98 bits per heavy atom. The molecule has 1 fully saturated rings. The molecule has 5 rings (SSSR count). The van der Waals surface area contributed by atoms with Crippen LogP contribution in [0.4, 0.5) is 20.6 Å². The van der Waals surface area contributed by atoms with Gasteiger partial charge in [0.05, 0.1) is 55.7 Å². The SMILES string of the molecule is COC1=CC=C2NC=C(F)C(CCCNC[C@@H]3CN(c4ccc5c(c4)NC(=O)CS5)C(=O)O3)=C2N1CC(O)CO. The van der Waals surface area contributed by atoms with Gasteiger partial charge in [0, 0.05) is 35.0 Å². The molecule has 0 radical (unpaired) electrons. The van der Waals surface area contributed by atoms with Gasteiger partial charge in [0.25, 0.3) is 0 Å². The number of hydrogen-bond donors (Lipinski definition) is 5. The summed E-state index contributed by atoms with van der Waals surface area (Å²) in [6.07, 6.45) is 3.98. The van der Waals surface area contributed by atoms with Crippen LogP contribution in [0.15, 0.2) is 70.1 Å². The van der Waals surface area contributed by atoms with Crippen molar-refractivity contribution >= 4 is 35.1 Å². The number of aliphatic hydroxyl groups excluding tert-OH is 2. The minimum atomic E-state index is -1.03. The van der Waals surface area contributed by atoms with E-state index in [0.717, 1.165) is 4.90 Å². The quantitative estimate of drug-likeness (QED) is 0.251. The number of methoxy groups -OCH3 is 1. The lowest BCUT2D eigenvalue weighted by atomic mass is 9.99. The number of nitrogens with one attached hydrogen (secondary N) is 3. The number of halogens is 1. The average Bonchev–Trinajstić information content (AvgIpc) is 3.33. The molecule has 0 aliphatic carbocycles. The van der Waals surface area contributed by atoms with Gasteiger partial charge < -0.3 is 40.5 Å². The lowest BCUT2D eigenvalue weighted by molar-refractivity contribution is -0.113. The summed E-state index contributed by atoms with van der Waals surface area (Å²) in [6.45, 7) is 0.960. The Labute approximate surface area is 235 Å². The minimum Gasteiger partial charge on any atom is -0.482 e. The number of allylic oxidation sites excluding steroid dienone is 4. The van der Waals surface area contributed by atoms with Gasteiger partial charge in [-0.05, 0) is 43.7 Å². The zero-order chi connectivity index (χ0) is 28.2. The van der Waals surface area contributed by atoms with Gasteiger partial charge in [-0.25, -0.2) is 9.18 Å². The van der Waals surface area contributed by atoms with Crippen molar-refractivity contribution in [1.29, 1.82) is 0 Å². The second-order valence-electron chi connectivity index (χ2n) is 9.64. The topological polar surface area (TPSA) is 136 Å². The van der Waals surface area contributed by atoms with Crippen molar-refractivity contribution in [2.75, 3.05) is 55.9 Å². The molecule has 40 heavy (non-hydrogen) atoms. The predicted molar refractivity (Wildman–Crippen MR) is 148 cm³/mol. The summed E-state index contributed by atoms with van der Waals surface area (Å²) in [4.78, 5) is 28.4. The third-order valence-electron chi connectivity index (χ3n) is 6.86. The summed E-state index contributed by atoms with van der Waals surface area (Å²) < 4.78 is 25.9. The Morgan fingerprint density at radius 2 is 2.17 bits per heavy atom. The Bertz CT molecular complexity index is 1300. The van der Waals surface area contributed by atoms with Gasteiger partial charge in [-0.1, -0.05) is 0 Å². The largest absolute Gasteiger partial charge is 0.482 e. The molecule has 1 unspecified atom stereocenters. The fourth-order valence-electron chi connectivity index (χ4n) is 4.96. The van der Waals surface area contributed by atoms with Gasteiger partial charge in [0.15, 0.2) is 5.88 Å². The number of benzene rings is 1. The van der Waals surface area contributed by atoms with Crippen LogP contribution in [0, 0.1) is 0 Å². The Hall–Kier alpha value is -3.52. The van der Waals surface area contributed by atoms with Crippen molar-refractivity contribution in [3.63, 3.8) is 0 Å². The molecule has 1 saturated heterocycles. The summed E-state index contributed by atoms with van der Waals surface area (Å²) in [5.41, 5.74) is 3.06. The number of ether oxygens (including phenoxy) is 2. The maximum absolute atomic E-state index is 15.0.